The van der Waals surface area contributed by atoms with Crippen LogP contribution in [0.25, 0.3) is 0 Å². The Bertz CT molecular complexity index is 238. The van der Waals surface area contributed by atoms with E-state index in [2.05, 4.69) is 0 Å². The van der Waals surface area contributed by atoms with Crippen LogP contribution in [0.15, 0.2) is 0 Å². The first-order chi connectivity index (χ1) is 5.78. The summed E-state index contributed by atoms with van der Waals surface area (Å²) < 4.78 is 0. The Morgan fingerprint density at radius 1 is 1.00 bits per heavy atom. The standard InChI is InChI=1S/C6H8O7.K.H/c7-3(8)1-6(13,5(11)12)2-4(9)10;;/h13H,1-2H2,(H,7,8)(H,9,10)(H,11,12);;/q;+1;-1. The van der Waals surface area contributed by atoms with E-state index in [1.165, 1.54) is 0 Å². The zero-order valence-electron chi connectivity index (χ0n) is 8.43. The molecule has 76 valence electrons. The average molecular weight is 232 g/mol. The van der Waals surface area contributed by atoms with Crippen LogP contribution in [0.3, 0.4) is 0 Å². The van der Waals surface area contributed by atoms with Crippen molar-refractivity contribution in [3.8, 4) is 0 Å². The van der Waals surface area contributed by atoms with Crippen LogP contribution in [-0.4, -0.2) is 43.9 Å². The number of aliphatic hydroxyl groups is 1. The van der Waals surface area contributed by atoms with Gasteiger partial charge in [-0.1, -0.05) is 0 Å². The number of carboxylic acids is 3. The number of aliphatic carboxylic acids is 3. The van der Waals surface area contributed by atoms with Crippen LogP contribution in [-0.2, 0) is 14.4 Å². The molecular formula is C6H9KO7. The van der Waals surface area contributed by atoms with Crippen molar-refractivity contribution in [2.45, 2.75) is 18.4 Å². The fourth-order valence-electron chi connectivity index (χ4n) is 0.714. The van der Waals surface area contributed by atoms with Gasteiger partial charge in [0.05, 0.1) is 12.8 Å². The van der Waals surface area contributed by atoms with Crippen LogP contribution in [0.5, 0.6) is 0 Å². The van der Waals surface area contributed by atoms with Crippen molar-refractivity contribution < 1.29 is 87.6 Å². The fraction of sp³-hybridized carbons (Fsp3) is 0.500. The molecule has 0 aliphatic heterocycles. The minimum absolute atomic E-state index is 0. The molecule has 0 saturated heterocycles. The Kier molecular flexibility index (Phi) is 7.61. The van der Waals surface area contributed by atoms with Crippen molar-refractivity contribution in [3.63, 3.8) is 0 Å². The van der Waals surface area contributed by atoms with E-state index in [0.717, 1.165) is 0 Å². The zero-order chi connectivity index (χ0) is 10.6. The summed E-state index contributed by atoms with van der Waals surface area (Å²) in [5.74, 6) is -5.02. The molecule has 0 heterocycles. The van der Waals surface area contributed by atoms with E-state index in [1.807, 2.05) is 0 Å². The van der Waals surface area contributed by atoms with Crippen molar-refractivity contribution in [3.05, 3.63) is 0 Å². The summed E-state index contributed by atoms with van der Waals surface area (Å²) in [6.07, 6.45) is -2.29. The van der Waals surface area contributed by atoms with Gasteiger partial charge in [0.2, 0.25) is 0 Å². The number of carbonyl (C=O) groups is 3. The molecule has 0 aliphatic carbocycles. The largest absolute Gasteiger partial charge is 1.00 e. The summed E-state index contributed by atoms with van der Waals surface area (Å²) in [6.45, 7) is 0. The van der Waals surface area contributed by atoms with Crippen molar-refractivity contribution in [2.24, 2.45) is 0 Å². The maximum Gasteiger partial charge on any atom is 1.00 e. The van der Waals surface area contributed by atoms with Gasteiger partial charge in [-0.15, -0.1) is 0 Å². The van der Waals surface area contributed by atoms with E-state index in [-0.39, 0.29) is 52.8 Å². The molecule has 0 aromatic carbocycles. The van der Waals surface area contributed by atoms with Gasteiger partial charge in [-0.2, -0.15) is 0 Å². The van der Waals surface area contributed by atoms with Gasteiger partial charge in [0.1, 0.15) is 0 Å². The molecule has 0 rings (SSSR count). The van der Waals surface area contributed by atoms with Crippen LogP contribution >= 0.6 is 0 Å². The Morgan fingerprint density at radius 3 is 1.43 bits per heavy atom. The average Bonchev–Trinajstić information content (AvgIpc) is 1.82. The molecule has 7 nitrogen and oxygen atoms in total. The minimum atomic E-state index is -2.74. The third-order valence-electron chi connectivity index (χ3n) is 1.29. The molecule has 8 heteroatoms. The SMILES string of the molecule is O=C(O)CC(O)(CC(=O)O)C(=O)O.[H-].[K+]. The first-order valence-corrected chi connectivity index (χ1v) is 3.17. The molecule has 0 radical (unpaired) electrons. The quantitative estimate of drug-likeness (QED) is 0.354. The number of hydrogen-bond donors (Lipinski definition) is 4. The van der Waals surface area contributed by atoms with Gasteiger partial charge in [0, 0.05) is 0 Å². The molecule has 0 aliphatic rings. The smallest absolute Gasteiger partial charge is 1.00 e. The predicted octanol–water partition coefficient (Wildman–Crippen LogP) is -4.13. The molecule has 4 N–H and O–H groups in total. The Balaban J connectivity index is -0.000000720. The van der Waals surface area contributed by atoms with Gasteiger partial charge in [-0.25, -0.2) is 4.79 Å². The number of hydrogen-bond acceptors (Lipinski definition) is 4. The Hall–Kier alpha value is 0.00636. The van der Waals surface area contributed by atoms with Gasteiger partial charge in [0.25, 0.3) is 0 Å². The van der Waals surface area contributed by atoms with Gasteiger partial charge < -0.3 is 21.9 Å². The molecule has 0 aromatic rings. The fourth-order valence-corrected chi connectivity index (χ4v) is 0.714. The van der Waals surface area contributed by atoms with Crippen LogP contribution < -0.4 is 51.4 Å². The van der Waals surface area contributed by atoms with Crippen LogP contribution in [0.2, 0.25) is 0 Å². The summed E-state index contributed by atoms with van der Waals surface area (Å²) >= 11 is 0. The second kappa shape index (κ2) is 6.48. The van der Waals surface area contributed by atoms with Crippen LogP contribution in [0, 0.1) is 0 Å². The number of carboxylic acid groups (broad SMARTS) is 3. The van der Waals surface area contributed by atoms with E-state index >= 15 is 0 Å². The Labute approximate surface area is 123 Å². The summed E-state index contributed by atoms with van der Waals surface area (Å²) in [7, 11) is 0. The molecule has 0 unspecified atom stereocenters. The van der Waals surface area contributed by atoms with Gasteiger partial charge in [-0.05, 0) is 0 Å². The van der Waals surface area contributed by atoms with Gasteiger partial charge >= 0.3 is 69.3 Å². The van der Waals surface area contributed by atoms with Crippen molar-refractivity contribution >= 4 is 17.9 Å². The molecule has 0 bridgehead atoms. The minimum Gasteiger partial charge on any atom is -1.00 e. The molecule has 0 atom stereocenters. The predicted molar refractivity (Wildman–Crippen MR) is 38.2 cm³/mol. The van der Waals surface area contributed by atoms with Gasteiger partial charge in [-0.3, -0.25) is 9.59 Å². The van der Waals surface area contributed by atoms with Crippen molar-refractivity contribution in [1.29, 1.82) is 0 Å². The van der Waals surface area contributed by atoms with E-state index in [1.54, 1.807) is 0 Å². The van der Waals surface area contributed by atoms with Crippen LogP contribution in [0.4, 0.5) is 0 Å². The van der Waals surface area contributed by atoms with E-state index in [9.17, 15) is 14.4 Å². The Morgan fingerprint density at radius 2 is 1.29 bits per heavy atom. The zero-order valence-corrected chi connectivity index (χ0v) is 10.6. The van der Waals surface area contributed by atoms with E-state index in [4.69, 9.17) is 20.4 Å². The third kappa shape index (κ3) is 5.68. The van der Waals surface area contributed by atoms with E-state index < -0.39 is 36.4 Å². The second-order valence-electron chi connectivity index (χ2n) is 2.48. The number of rotatable bonds is 5. The van der Waals surface area contributed by atoms with Crippen molar-refractivity contribution in [1.82, 2.24) is 0 Å². The molecule has 0 aromatic heterocycles. The summed E-state index contributed by atoms with van der Waals surface area (Å²) in [4.78, 5) is 30.5. The summed E-state index contributed by atoms with van der Waals surface area (Å²) in [6, 6.07) is 0. The monoisotopic (exact) mass is 232 g/mol. The second-order valence-corrected chi connectivity index (χ2v) is 2.48. The van der Waals surface area contributed by atoms with E-state index in [0.29, 0.717) is 0 Å². The normalized spacial score (nSPS) is 10.1. The first-order valence-electron chi connectivity index (χ1n) is 3.17. The summed E-state index contributed by atoms with van der Waals surface area (Å²) in [5.41, 5.74) is -2.74. The molecule has 0 fully saturated rings. The first kappa shape index (κ1) is 16.4. The molecule has 0 amide bonds. The maximum atomic E-state index is 10.3. The van der Waals surface area contributed by atoms with Gasteiger partial charge in [0.15, 0.2) is 5.60 Å². The molecular weight excluding hydrogens is 223 g/mol. The third-order valence-corrected chi connectivity index (χ3v) is 1.29. The molecule has 14 heavy (non-hydrogen) atoms. The molecule has 0 saturated carbocycles. The summed E-state index contributed by atoms with van der Waals surface area (Å²) in [5, 5.41) is 33.8. The maximum absolute atomic E-state index is 10.3. The topological polar surface area (TPSA) is 132 Å². The van der Waals surface area contributed by atoms with Crippen molar-refractivity contribution in [2.75, 3.05) is 0 Å². The van der Waals surface area contributed by atoms with Crippen LogP contribution in [0.1, 0.15) is 14.3 Å². The molecule has 0 spiro atoms.